The molecule has 2 unspecified atom stereocenters. The van der Waals surface area contributed by atoms with E-state index >= 15 is 0 Å². The number of esters is 2. The van der Waals surface area contributed by atoms with E-state index in [2.05, 4.69) is 38.2 Å². The maximum Gasteiger partial charge on any atom is 0.362 e. The van der Waals surface area contributed by atoms with Crippen LogP contribution in [0.25, 0.3) is 0 Å². The van der Waals surface area contributed by atoms with Gasteiger partial charge in [0.25, 0.3) is 0 Å². The molecule has 0 amide bonds. The molecule has 0 radical (unpaired) electrons. The molecule has 0 fully saturated rings. The highest BCUT2D eigenvalue weighted by Crippen LogP contribution is 2.10. The summed E-state index contributed by atoms with van der Waals surface area (Å²) in [6, 6.07) is -0.622. The van der Waals surface area contributed by atoms with Crippen molar-refractivity contribution in [1.29, 1.82) is 0 Å². The number of aliphatic carboxylic acids is 1. The molecule has 0 heterocycles. The molecule has 8 heteroatoms. The van der Waals surface area contributed by atoms with Crippen LogP contribution in [0.4, 0.5) is 0 Å². The van der Waals surface area contributed by atoms with Crippen LogP contribution in [0.15, 0.2) is 36.5 Å². The zero-order chi connectivity index (χ0) is 30.1. The first-order valence-electron chi connectivity index (χ1n) is 15.0. The Balaban J connectivity index is 4.64. The fourth-order valence-corrected chi connectivity index (χ4v) is 3.92. The van der Waals surface area contributed by atoms with Gasteiger partial charge >= 0.3 is 17.9 Å². The largest absolute Gasteiger partial charge is 0.477 e. The molecule has 40 heavy (non-hydrogen) atoms. The zero-order valence-corrected chi connectivity index (χ0v) is 25.8. The van der Waals surface area contributed by atoms with Gasteiger partial charge in [0.05, 0.1) is 34.4 Å². The van der Waals surface area contributed by atoms with E-state index in [1.54, 1.807) is 0 Å². The monoisotopic (exact) mass is 566 g/mol. The van der Waals surface area contributed by atoms with E-state index in [9.17, 15) is 19.5 Å². The molecule has 1 N–H and O–H groups in total. The summed E-state index contributed by atoms with van der Waals surface area (Å²) in [6.07, 6.45) is 22.4. The summed E-state index contributed by atoms with van der Waals surface area (Å²) in [4.78, 5) is 36.2. The molecule has 0 aliphatic heterocycles. The number of nitrogens with zero attached hydrogens (tertiary/aromatic N) is 1. The lowest BCUT2D eigenvalue weighted by Crippen LogP contribution is -2.50. The second kappa shape index (κ2) is 24.4. The smallest absolute Gasteiger partial charge is 0.362 e. The number of carbonyl (C=O) groups is 3. The molecule has 8 nitrogen and oxygen atoms in total. The minimum atomic E-state index is -0.891. The van der Waals surface area contributed by atoms with Crippen LogP contribution >= 0.6 is 0 Å². The predicted octanol–water partition coefficient (Wildman–Crippen LogP) is 6.40. The van der Waals surface area contributed by atoms with Crippen LogP contribution in [0.3, 0.4) is 0 Å². The summed E-state index contributed by atoms with van der Waals surface area (Å²) in [7, 11) is 5.46. The van der Waals surface area contributed by atoms with Crippen LogP contribution in [-0.2, 0) is 28.6 Å². The number of rotatable bonds is 25. The summed E-state index contributed by atoms with van der Waals surface area (Å²) in [5.74, 6) is -1.62. The lowest BCUT2D eigenvalue weighted by atomic mass is 10.1. The van der Waals surface area contributed by atoms with Crippen LogP contribution in [0.5, 0.6) is 0 Å². The molecule has 230 valence electrons. The highest BCUT2D eigenvalue weighted by Gasteiger charge is 2.31. The average molecular weight is 567 g/mol. The number of ether oxygens (including phenoxy) is 3. The summed E-state index contributed by atoms with van der Waals surface area (Å²) in [6.45, 7) is 4.41. The average Bonchev–Trinajstić information content (AvgIpc) is 2.89. The van der Waals surface area contributed by atoms with E-state index in [1.165, 1.54) is 25.7 Å². The number of unbranched alkanes of at least 4 members (excludes halogenated alkanes) is 5. The molecule has 0 aromatic carbocycles. The number of likely N-dealkylation sites (N-methyl/N-ethyl adjacent to an activating group) is 1. The molecule has 0 spiro atoms. The first kappa shape index (κ1) is 37.6. The minimum absolute atomic E-state index is 0.0287. The van der Waals surface area contributed by atoms with Crippen LogP contribution in [0, 0.1) is 0 Å². The number of allylic oxidation sites excluding steroid dienone is 6. The van der Waals surface area contributed by atoms with Gasteiger partial charge in [-0.2, -0.15) is 0 Å². The van der Waals surface area contributed by atoms with Crippen LogP contribution in [0.2, 0.25) is 0 Å². The SMILES string of the molecule is CC/C=C/C/C=C/CCC(=O)OC(COCCC(C(=O)O)[N+](C)(C)C)COC(=O)CCC/C=C/CCCCCC. The van der Waals surface area contributed by atoms with Crippen molar-refractivity contribution in [2.45, 2.75) is 109 Å². The number of carboxylic acid groups (broad SMARTS) is 1. The van der Waals surface area contributed by atoms with Gasteiger partial charge in [-0.15, -0.1) is 0 Å². The van der Waals surface area contributed by atoms with Crippen molar-refractivity contribution in [3.63, 3.8) is 0 Å². The minimum Gasteiger partial charge on any atom is -0.477 e. The van der Waals surface area contributed by atoms with Crippen molar-refractivity contribution in [1.82, 2.24) is 0 Å². The van der Waals surface area contributed by atoms with Crippen molar-refractivity contribution in [3.05, 3.63) is 36.5 Å². The molecular weight excluding hydrogens is 510 g/mol. The van der Waals surface area contributed by atoms with Crippen molar-refractivity contribution >= 4 is 17.9 Å². The van der Waals surface area contributed by atoms with Gasteiger partial charge in [0.2, 0.25) is 0 Å². The zero-order valence-electron chi connectivity index (χ0n) is 25.8. The molecule has 0 saturated heterocycles. The quantitative estimate of drug-likeness (QED) is 0.0591. The summed E-state index contributed by atoms with van der Waals surface area (Å²) < 4.78 is 16.9. The molecular formula is C32H56NO7+. The molecule has 0 aromatic heterocycles. The maximum atomic E-state index is 12.4. The van der Waals surface area contributed by atoms with E-state index in [4.69, 9.17) is 14.2 Å². The topological polar surface area (TPSA) is 99.1 Å². The standard InChI is InChI=1S/C32H55NO7/c1-6-8-10-12-14-15-17-18-20-22-30(34)39-27-28(26-38-25-24-29(32(36)37)33(3,4)5)40-31(35)23-21-19-16-13-11-9-7-2/h9,11,15-17,19,28-29H,6-8,10,12-14,18,20-27H2,1-5H3/p+1/b11-9+,17-15+,19-16+. The van der Waals surface area contributed by atoms with E-state index < -0.39 is 24.1 Å². The fourth-order valence-electron chi connectivity index (χ4n) is 3.92. The van der Waals surface area contributed by atoms with E-state index in [0.29, 0.717) is 25.7 Å². The highest BCUT2D eigenvalue weighted by atomic mass is 16.6. The number of hydrogen-bond donors (Lipinski definition) is 1. The van der Waals surface area contributed by atoms with E-state index in [-0.39, 0.29) is 36.7 Å². The van der Waals surface area contributed by atoms with Gasteiger partial charge in [0, 0.05) is 19.3 Å². The van der Waals surface area contributed by atoms with Gasteiger partial charge in [-0.25, -0.2) is 4.79 Å². The van der Waals surface area contributed by atoms with Crippen molar-refractivity contribution in [2.75, 3.05) is 41.0 Å². The van der Waals surface area contributed by atoms with Crippen molar-refractivity contribution < 1.29 is 38.2 Å². The van der Waals surface area contributed by atoms with Crippen molar-refractivity contribution in [2.24, 2.45) is 0 Å². The third-order valence-electron chi connectivity index (χ3n) is 6.29. The Hall–Kier alpha value is -2.45. The maximum absolute atomic E-state index is 12.4. The molecule has 0 aliphatic rings. The third kappa shape index (κ3) is 22.4. The van der Waals surface area contributed by atoms with Gasteiger partial charge in [-0.1, -0.05) is 69.6 Å². The Kier molecular flexibility index (Phi) is 22.9. The van der Waals surface area contributed by atoms with Gasteiger partial charge in [0.15, 0.2) is 12.1 Å². The molecule has 0 aromatic rings. The Morgan fingerprint density at radius 2 is 1.45 bits per heavy atom. The Bertz CT molecular complexity index is 768. The first-order valence-corrected chi connectivity index (χ1v) is 15.0. The Morgan fingerprint density at radius 3 is 2.10 bits per heavy atom. The van der Waals surface area contributed by atoms with E-state index in [1.807, 2.05) is 33.3 Å². The van der Waals surface area contributed by atoms with E-state index in [0.717, 1.165) is 25.7 Å². The molecule has 2 atom stereocenters. The van der Waals surface area contributed by atoms with Gasteiger partial charge < -0.3 is 23.8 Å². The number of hydrogen-bond acceptors (Lipinski definition) is 6. The third-order valence-corrected chi connectivity index (χ3v) is 6.29. The Morgan fingerprint density at radius 1 is 0.775 bits per heavy atom. The van der Waals surface area contributed by atoms with Crippen LogP contribution in [0.1, 0.15) is 97.3 Å². The normalized spacial score (nSPS) is 13.7. The lowest BCUT2D eigenvalue weighted by molar-refractivity contribution is -0.887. The Labute approximate surface area is 243 Å². The molecule has 0 bridgehead atoms. The molecule has 0 saturated carbocycles. The molecule has 0 aliphatic carbocycles. The van der Waals surface area contributed by atoms with Crippen molar-refractivity contribution in [3.8, 4) is 0 Å². The highest BCUT2D eigenvalue weighted by molar-refractivity contribution is 5.72. The van der Waals surface area contributed by atoms with Crippen LogP contribution in [-0.4, -0.2) is 80.6 Å². The predicted molar refractivity (Wildman–Crippen MR) is 160 cm³/mol. The van der Waals surface area contributed by atoms with Gasteiger partial charge in [-0.05, 0) is 44.9 Å². The van der Waals surface area contributed by atoms with Gasteiger partial charge in [0.1, 0.15) is 6.61 Å². The molecule has 0 rings (SSSR count). The first-order chi connectivity index (χ1) is 19.1. The summed E-state index contributed by atoms with van der Waals surface area (Å²) in [5.41, 5.74) is 0. The number of quaternary nitrogens is 1. The fraction of sp³-hybridized carbons (Fsp3) is 0.719. The number of carbonyl (C=O) groups excluding carboxylic acids is 2. The summed E-state index contributed by atoms with van der Waals surface area (Å²) >= 11 is 0. The number of carboxylic acids is 1. The summed E-state index contributed by atoms with van der Waals surface area (Å²) in [5, 5.41) is 9.50. The second-order valence-electron chi connectivity index (χ2n) is 11.0. The lowest BCUT2D eigenvalue weighted by Gasteiger charge is -2.31. The van der Waals surface area contributed by atoms with Gasteiger partial charge in [-0.3, -0.25) is 9.59 Å². The van der Waals surface area contributed by atoms with Crippen LogP contribution < -0.4 is 0 Å². The second-order valence-corrected chi connectivity index (χ2v) is 11.0.